The fraction of sp³-hybridized carbons (Fsp3) is 0.273. The van der Waals surface area contributed by atoms with Crippen LogP contribution in [0.1, 0.15) is 18.4 Å². The van der Waals surface area contributed by atoms with Gasteiger partial charge in [0.05, 0.1) is 0 Å². The Labute approximate surface area is 72.6 Å². The summed E-state index contributed by atoms with van der Waals surface area (Å²) in [4.78, 5) is 0. The summed E-state index contributed by atoms with van der Waals surface area (Å²) in [6.07, 6.45) is 2.55. The van der Waals surface area contributed by atoms with E-state index in [9.17, 15) is 0 Å². The molecular formula is C11H11N. The number of nitrogens with two attached hydrogens (primary N) is 1. The summed E-state index contributed by atoms with van der Waals surface area (Å²) in [5.74, 6) is 6.97. The minimum atomic E-state index is 0.659. The third-order valence-corrected chi connectivity index (χ3v) is 1.88. The maximum absolute atomic E-state index is 5.61. The van der Waals surface area contributed by atoms with E-state index in [1.807, 2.05) is 24.3 Å². The van der Waals surface area contributed by atoms with Crippen molar-refractivity contribution in [3.63, 3.8) is 0 Å². The summed E-state index contributed by atoms with van der Waals surface area (Å²) in [6, 6.07) is 7.72. The molecule has 0 amide bonds. The third kappa shape index (κ3) is 1.79. The van der Waals surface area contributed by atoms with E-state index in [0.717, 1.165) is 11.3 Å². The zero-order chi connectivity index (χ0) is 8.39. The van der Waals surface area contributed by atoms with Crippen molar-refractivity contribution >= 4 is 5.69 Å². The Hall–Kier alpha value is -1.42. The SMILES string of the molecule is Nc1cccc(C#CC2CC2)c1. The Morgan fingerprint density at radius 1 is 1.33 bits per heavy atom. The maximum Gasteiger partial charge on any atom is 0.0326 e. The van der Waals surface area contributed by atoms with Crippen LogP contribution in [0.15, 0.2) is 24.3 Å². The number of hydrogen-bond donors (Lipinski definition) is 1. The van der Waals surface area contributed by atoms with Crippen LogP contribution in [0.2, 0.25) is 0 Å². The second kappa shape index (κ2) is 2.91. The molecule has 1 aromatic carbocycles. The van der Waals surface area contributed by atoms with Crippen LogP contribution in [0.4, 0.5) is 5.69 Å². The van der Waals surface area contributed by atoms with Crippen LogP contribution in [0, 0.1) is 17.8 Å². The zero-order valence-corrected chi connectivity index (χ0v) is 6.88. The number of anilines is 1. The minimum absolute atomic E-state index is 0.659. The first-order chi connectivity index (χ1) is 5.84. The summed E-state index contributed by atoms with van der Waals surface area (Å²) in [5.41, 5.74) is 7.43. The Morgan fingerprint density at radius 3 is 2.83 bits per heavy atom. The van der Waals surface area contributed by atoms with E-state index < -0.39 is 0 Å². The predicted molar refractivity (Wildman–Crippen MR) is 50.5 cm³/mol. The standard InChI is InChI=1S/C11H11N/c12-11-3-1-2-10(8-11)7-6-9-4-5-9/h1-3,8-9H,4-5,12H2. The lowest BCUT2D eigenvalue weighted by molar-refractivity contribution is 1.18. The monoisotopic (exact) mass is 157 g/mol. The molecule has 0 bridgehead atoms. The first kappa shape index (κ1) is 7.24. The molecule has 2 N–H and O–H groups in total. The van der Waals surface area contributed by atoms with Gasteiger partial charge >= 0.3 is 0 Å². The fourth-order valence-electron chi connectivity index (χ4n) is 1.03. The maximum atomic E-state index is 5.61. The molecule has 2 rings (SSSR count). The second-order valence-corrected chi connectivity index (χ2v) is 3.17. The van der Waals surface area contributed by atoms with Crippen LogP contribution in [-0.2, 0) is 0 Å². The predicted octanol–water partition coefficient (Wildman–Crippen LogP) is 2.03. The lowest BCUT2D eigenvalue weighted by Gasteiger charge is -1.91. The van der Waals surface area contributed by atoms with E-state index in [0.29, 0.717) is 5.92 Å². The fourth-order valence-corrected chi connectivity index (χ4v) is 1.03. The summed E-state index contributed by atoms with van der Waals surface area (Å²) >= 11 is 0. The Morgan fingerprint density at radius 2 is 2.17 bits per heavy atom. The molecule has 12 heavy (non-hydrogen) atoms. The molecule has 0 unspecified atom stereocenters. The smallest absolute Gasteiger partial charge is 0.0326 e. The first-order valence-corrected chi connectivity index (χ1v) is 4.22. The largest absolute Gasteiger partial charge is 0.399 e. The zero-order valence-electron chi connectivity index (χ0n) is 6.88. The van der Waals surface area contributed by atoms with E-state index >= 15 is 0 Å². The van der Waals surface area contributed by atoms with Crippen molar-refractivity contribution < 1.29 is 0 Å². The Bertz CT molecular complexity index is 340. The van der Waals surface area contributed by atoms with Crippen molar-refractivity contribution in [2.24, 2.45) is 5.92 Å². The van der Waals surface area contributed by atoms with Gasteiger partial charge in [-0.15, -0.1) is 0 Å². The van der Waals surface area contributed by atoms with Gasteiger partial charge in [-0.2, -0.15) is 0 Å². The molecule has 1 aliphatic carbocycles. The molecule has 0 atom stereocenters. The molecule has 1 aliphatic rings. The van der Waals surface area contributed by atoms with Gasteiger partial charge in [-0.25, -0.2) is 0 Å². The van der Waals surface area contributed by atoms with E-state index in [2.05, 4.69) is 11.8 Å². The van der Waals surface area contributed by atoms with Crippen LogP contribution >= 0.6 is 0 Å². The lowest BCUT2D eigenvalue weighted by atomic mass is 10.2. The molecule has 1 aromatic rings. The second-order valence-electron chi connectivity index (χ2n) is 3.17. The highest BCUT2D eigenvalue weighted by atomic mass is 14.5. The van der Waals surface area contributed by atoms with Crippen molar-refractivity contribution in [3.05, 3.63) is 29.8 Å². The van der Waals surface area contributed by atoms with Gasteiger partial charge in [0, 0.05) is 17.2 Å². The lowest BCUT2D eigenvalue weighted by Crippen LogP contribution is -1.84. The molecule has 1 heteroatoms. The highest BCUT2D eigenvalue weighted by Crippen LogP contribution is 2.27. The quantitative estimate of drug-likeness (QED) is 0.452. The summed E-state index contributed by atoms with van der Waals surface area (Å²) < 4.78 is 0. The molecule has 0 heterocycles. The average Bonchev–Trinajstić information content (AvgIpc) is 2.84. The van der Waals surface area contributed by atoms with Crippen LogP contribution in [-0.4, -0.2) is 0 Å². The number of benzene rings is 1. The van der Waals surface area contributed by atoms with Gasteiger partial charge in [0.15, 0.2) is 0 Å². The Kier molecular flexibility index (Phi) is 1.75. The van der Waals surface area contributed by atoms with E-state index in [1.165, 1.54) is 12.8 Å². The van der Waals surface area contributed by atoms with Gasteiger partial charge in [-0.05, 0) is 31.0 Å². The topological polar surface area (TPSA) is 26.0 Å². The molecule has 0 aromatic heterocycles. The van der Waals surface area contributed by atoms with E-state index in [1.54, 1.807) is 0 Å². The van der Waals surface area contributed by atoms with Gasteiger partial charge in [0.1, 0.15) is 0 Å². The third-order valence-electron chi connectivity index (χ3n) is 1.88. The van der Waals surface area contributed by atoms with Crippen LogP contribution in [0.5, 0.6) is 0 Å². The number of nitrogen functional groups attached to an aromatic ring is 1. The molecule has 1 saturated carbocycles. The van der Waals surface area contributed by atoms with Crippen LogP contribution < -0.4 is 5.73 Å². The van der Waals surface area contributed by atoms with E-state index in [4.69, 9.17) is 5.73 Å². The molecule has 60 valence electrons. The van der Waals surface area contributed by atoms with Crippen molar-refractivity contribution in [3.8, 4) is 11.8 Å². The molecule has 0 aliphatic heterocycles. The Balaban J connectivity index is 2.18. The molecule has 0 radical (unpaired) electrons. The normalized spacial score (nSPS) is 15.0. The van der Waals surface area contributed by atoms with Crippen molar-refractivity contribution in [2.45, 2.75) is 12.8 Å². The summed E-state index contributed by atoms with van der Waals surface area (Å²) in [5, 5.41) is 0. The van der Waals surface area contributed by atoms with Gasteiger partial charge in [-0.3, -0.25) is 0 Å². The van der Waals surface area contributed by atoms with Gasteiger partial charge in [0.25, 0.3) is 0 Å². The van der Waals surface area contributed by atoms with Crippen molar-refractivity contribution in [1.82, 2.24) is 0 Å². The molecular weight excluding hydrogens is 146 g/mol. The molecule has 0 saturated heterocycles. The van der Waals surface area contributed by atoms with Crippen molar-refractivity contribution in [1.29, 1.82) is 0 Å². The summed E-state index contributed by atoms with van der Waals surface area (Å²) in [7, 11) is 0. The van der Waals surface area contributed by atoms with Gasteiger partial charge in [-0.1, -0.05) is 17.9 Å². The average molecular weight is 157 g/mol. The molecule has 1 nitrogen and oxygen atoms in total. The molecule has 1 fully saturated rings. The van der Waals surface area contributed by atoms with Crippen LogP contribution in [0.25, 0.3) is 0 Å². The van der Waals surface area contributed by atoms with Crippen LogP contribution in [0.3, 0.4) is 0 Å². The van der Waals surface area contributed by atoms with Crippen molar-refractivity contribution in [2.75, 3.05) is 5.73 Å². The number of hydrogen-bond acceptors (Lipinski definition) is 1. The van der Waals surface area contributed by atoms with E-state index in [-0.39, 0.29) is 0 Å². The van der Waals surface area contributed by atoms with Gasteiger partial charge < -0.3 is 5.73 Å². The first-order valence-electron chi connectivity index (χ1n) is 4.22. The van der Waals surface area contributed by atoms with Gasteiger partial charge in [0.2, 0.25) is 0 Å². The molecule has 0 spiro atoms. The highest BCUT2D eigenvalue weighted by Gasteiger charge is 2.17. The number of rotatable bonds is 0. The highest BCUT2D eigenvalue weighted by molar-refractivity contribution is 5.47. The minimum Gasteiger partial charge on any atom is -0.399 e. The summed E-state index contributed by atoms with van der Waals surface area (Å²) in [6.45, 7) is 0.